The van der Waals surface area contributed by atoms with Crippen molar-refractivity contribution in [3.8, 4) is 11.5 Å². The highest BCUT2D eigenvalue weighted by atomic mass is 16.5. The molecule has 0 bridgehead atoms. The summed E-state index contributed by atoms with van der Waals surface area (Å²) in [6.07, 6.45) is 0.951. The predicted molar refractivity (Wildman–Crippen MR) is 72.7 cm³/mol. The zero-order chi connectivity index (χ0) is 13.8. The maximum absolute atomic E-state index is 12.4. The van der Waals surface area contributed by atoms with Gasteiger partial charge in [-0.25, -0.2) is 0 Å². The highest BCUT2D eigenvalue weighted by molar-refractivity contribution is 5.97. The van der Waals surface area contributed by atoms with Gasteiger partial charge in [0.2, 0.25) is 0 Å². The third-order valence-corrected chi connectivity index (χ3v) is 3.46. The van der Waals surface area contributed by atoms with Crippen LogP contribution in [0.2, 0.25) is 0 Å². The second-order valence-corrected chi connectivity index (χ2v) is 4.81. The molecule has 19 heavy (non-hydrogen) atoms. The van der Waals surface area contributed by atoms with E-state index in [4.69, 9.17) is 4.74 Å². The molecule has 104 valence electrons. The summed E-state index contributed by atoms with van der Waals surface area (Å²) in [6.45, 7) is 3.26. The maximum Gasteiger partial charge on any atom is 0.257 e. The lowest BCUT2D eigenvalue weighted by molar-refractivity contribution is 0.0759. The lowest BCUT2D eigenvalue weighted by Gasteiger charge is -2.21. The predicted octanol–water partition coefficient (Wildman–Crippen LogP) is 1.18. The first-order chi connectivity index (χ1) is 9.13. The van der Waals surface area contributed by atoms with E-state index < -0.39 is 0 Å². The summed E-state index contributed by atoms with van der Waals surface area (Å²) >= 11 is 0. The molecule has 0 saturated carbocycles. The first-order valence-electron chi connectivity index (χ1n) is 6.47. The Morgan fingerprint density at radius 3 is 2.79 bits per heavy atom. The largest absolute Gasteiger partial charge is 0.504 e. The minimum Gasteiger partial charge on any atom is -0.504 e. The summed E-state index contributed by atoms with van der Waals surface area (Å²) in [5.41, 5.74) is 0.309. The van der Waals surface area contributed by atoms with Gasteiger partial charge in [-0.05, 0) is 32.1 Å². The van der Waals surface area contributed by atoms with Crippen LogP contribution in [0, 0.1) is 0 Å². The number of phenolic OH excluding ortho intramolecular Hbond substituents is 1. The van der Waals surface area contributed by atoms with Crippen LogP contribution in [0.5, 0.6) is 11.5 Å². The topological polar surface area (TPSA) is 53.0 Å². The molecular formula is C14H20N2O3. The molecule has 5 nitrogen and oxygen atoms in total. The molecule has 1 N–H and O–H groups in total. The van der Waals surface area contributed by atoms with Gasteiger partial charge in [-0.2, -0.15) is 0 Å². The van der Waals surface area contributed by atoms with Gasteiger partial charge in [-0.15, -0.1) is 0 Å². The number of hydrogen-bond acceptors (Lipinski definition) is 4. The Balaban J connectivity index is 2.19. The quantitative estimate of drug-likeness (QED) is 0.871. The zero-order valence-electron chi connectivity index (χ0n) is 11.4. The summed E-state index contributed by atoms with van der Waals surface area (Å²) in [5, 5.41) is 10.0. The van der Waals surface area contributed by atoms with Gasteiger partial charge in [0, 0.05) is 19.6 Å². The molecule has 0 aromatic heterocycles. The van der Waals surface area contributed by atoms with Crippen LogP contribution in [0.25, 0.3) is 0 Å². The molecule has 0 atom stereocenters. The Bertz CT molecular complexity index is 462. The Morgan fingerprint density at radius 1 is 1.26 bits per heavy atom. The lowest BCUT2D eigenvalue weighted by atomic mass is 10.1. The number of phenols is 1. The minimum absolute atomic E-state index is 0.0763. The molecule has 1 aromatic rings. The molecule has 5 heteroatoms. The fourth-order valence-electron chi connectivity index (χ4n) is 2.28. The minimum atomic E-state index is -0.133. The van der Waals surface area contributed by atoms with E-state index in [1.165, 1.54) is 7.11 Å². The van der Waals surface area contributed by atoms with E-state index >= 15 is 0 Å². The highest BCUT2D eigenvalue weighted by Crippen LogP contribution is 2.30. The summed E-state index contributed by atoms with van der Waals surface area (Å²) in [6, 6.07) is 4.99. The average molecular weight is 264 g/mol. The van der Waals surface area contributed by atoms with Crippen LogP contribution in [0.15, 0.2) is 18.2 Å². The van der Waals surface area contributed by atoms with Crippen LogP contribution < -0.4 is 4.74 Å². The van der Waals surface area contributed by atoms with Gasteiger partial charge in [0.15, 0.2) is 11.5 Å². The molecule has 1 aliphatic heterocycles. The second-order valence-electron chi connectivity index (χ2n) is 4.81. The summed E-state index contributed by atoms with van der Waals surface area (Å²) in [4.78, 5) is 16.4. The number of aromatic hydroxyl groups is 1. The number of carbonyl (C=O) groups excluding carboxylic acids is 1. The van der Waals surface area contributed by atoms with Gasteiger partial charge in [-0.1, -0.05) is 6.07 Å². The first-order valence-corrected chi connectivity index (χ1v) is 6.47. The van der Waals surface area contributed by atoms with Crippen molar-refractivity contribution < 1.29 is 14.6 Å². The molecular weight excluding hydrogens is 244 g/mol. The standard InChI is InChI=1S/C14H20N2O3/c1-15-7-4-8-16(10-9-15)14(18)11-5-3-6-12(19-2)13(11)17/h3,5-6,17H,4,7-10H2,1-2H3. The first kappa shape index (κ1) is 13.7. The van der Waals surface area contributed by atoms with Crippen molar-refractivity contribution in [2.75, 3.05) is 40.3 Å². The number of para-hydroxylation sites is 1. The van der Waals surface area contributed by atoms with Crippen LogP contribution in [0.4, 0.5) is 0 Å². The zero-order valence-corrected chi connectivity index (χ0v) is 11.4. The lowest BCUT2D eigenvalue weighted by Crippen LogP contribution is -2.34. The average Bonchev–Trinajstić information content (AvgIpc) is 2.63. The molecule has 0 unspecified atom stereocenters. The van der Waals surface area contributed by atoms with Crippen molar-refractivity contribution in [1.82, 2.24) is 9.80 Å². The summed E-state index contributed by atoms with van der Waals surface area (Å²) in [5.74, 6) is 0.122. The maximum atomic E-state index is 12.4. The van der Waals surface area contributed by atoms with Crippen molar-refractivity contribution in [3.63, 3.8) is 0 Å². The fraction of sp³-hybridized carbons (Fsp3) is 0.500. The molecule has 1 saturated heterocycles. The van der Waals surface area contributed by atoms with E-state index in [0.29, 0.717) is 17.9 Å². The number of likely N-dealkylation sites (N-methyl/N-ethyl adjacent to an activating group) is 1. The van der Waals surface area contributed by atoms with Crippen molar-refractivity contribution in [1.29, 1.82) is 0 Å². The van der Waals surface area contributed by atoms with Crippen molar-refractivity contribution in [3.05, 3.63) is 23.8 Å². The molecule has 0 spiro atoms. The van der Waals surface area contributed by atoms with Crippen LogP contribution in [-0.4, -0.2) is 61.2 Å². The van der Waals surface area contributed by atoms with Crippen molar-refractivity contribution >= 4 is 5.91 Å². The number of ether oxygens (including phenoxy) is 1. The van der Waals surface area contributed by atoms with Crippen LogP contribution >= 0.6 is 0 Å². The molecule has 1 aliphatic rings. The van der Waals surface area contributed by atoms with E-state index in [9.17, 15) is 9.90 Å². The molecule has 0 radical (unpaired) electrons. The van der Waals surface area contributed by atoms with Crippen LogP contribution in [0.1, 0.15) is 16.8 Å². The van der Waals surface area contributed by atoms with Gasteiger partial charge in [0.05, 0.1) is 12.7 Å². The van der Waals surface area contributed by atoms with E-state index in [0.717, 1.165) is 26.1 Å². The van der Waals surface area contributed by atoms with Gasteiger partial charge < -0.3 is 19.6 Å². The Hall–Kier alpha value is -1.75. The summed E-state index contributed by atoms with van der Waals surface area (Å²) in [7, 11) is 3.53. The van der Waals surface area contributed by atoms with E-state index in [1.54, 1.807) is 23.1 Å². The fourth-order valence-corrected chi connectivity index (χ4v) is 2.28. The molecule has 0 aliphatic carbocycles. The van der Waals surface area contributed by atoms with Crippen LogP contribution in [-0.2, 0) is 0 Å². The molecule has 1 aromatic carbocycles. The van der Waals surface area contributed by atoms with Crippen LogP contribution in [0.3, 0.4) is 0 Å². The molecule has 1 amide bonds. The Morgan fingerprint density at radius 2 is 2.05 bits per heavy atom. The van der Waals surface area contributed by atoms with Crippen molar-refractivity contribution in [2.24, 2.45) is 0 Å². The molecule has 2 rings (SSSR count). The number of nitrogens with zero attached hydrogens (tertiary/aromatic N) is 2. The Labute approximate surface area is 113 Å². The van der Waals surface area contributed by atoms with Crippen molar-refractivity contribution in [2.45, 2.75) is 6.42 Å². The van der Waals surface area contributed by atoms with Gasteiger partial charge >= 0.3 is 0 Å². The van der Waals surface area contributed by atoms with E-state index in [1.807, 2.05) is 0 Å². The van der Waals surface area contributed by atoms with Gasteiger partial charge in [0.1, 0.15) is 0 Å². The number of carbonyl (C=O) groups is 1. The van der Waals surface area contributed by atoms with E-state index in [-0.39, 0.29) is 11.7 Å². The normalized spacial score (nSPS) is 17.1. The monoisotopic (exact) mass is 264 g/mol. The van der Waals surface area contributed by atoms with E-state index in [2.05, 4.69) is 11.9 Å². The number of benzene rings is 1. The SMILES string of the molecule is COc1cccc(C(=O)N2CCCN(C)CC2)c1O. The Kier molecular flexibility index (Phi) is 4.27. The smallest absolute Gasteiger partial charge is 0.257 e. The molecule has 1 heterocycles. The van der Waals surface area contributed by atoms with Gasteiger partial charge in [-0.3, -0.25) is 4.79 Å². The number of amides is 1. The highest BCUT2D eigenvalue weighted by Gasteiger charge is 2.22. The summed E-state index contributed by atoms with van der Waals surface area (Å²) < 4.78 is 5.04. The molecule has 1 fully saturated rings. The third kappa shape index (κ3) is 2.98. The number of rotatable bonds is 2. The second kappa shape index (κ2) is 5.93. The van der Waals surface area contributed by atoms with Gasteiger partial charge in [0.25, 0.3) is 5.91 Å². The number of hydrogen-bond donors (Lipinski definition) is 1. The third-order valence-electron chi connectivity index (χ3n) is 3.46. The number of methoxy groups -OCH3 is 1.